The number of allylic oxidation sites excluding steroid dienone is 1. The molecule has 0 saturated carbocycles. The Bertz CT molecular complexity index is 223. The molecule has 1 unspecified atom stereocenters. The summed E-state index contributed by atoms with van der Waals surface area (Å²) in [7, 11) is 0. The molecule has 3 heteroatoms. The number of hydroxylamine groups is 1. The average molecular weight is 166 g/mol. The average Bonchev–Trinajstić information content (AvgIpc) is 2.29. The molecule has 0 bridgehead atoms. The first-order chi connectivity index (χ1) is 5.88. The van der Waals surface area contributed by atoms with E-state index in [2.05, 4.69) is 17.6 Å². The van der Waals surface area contributed by atoms with Crippen LogP contribution >= 0.6 is 0 Å². The number of hydrogen-bond acceptors (Lipinski definition) is 3. The van der Waals surface area contributed by atoms with Gasteiger partial charge in [-0.25, -0.2) is 5.43 Å². The number of nitrogens with zero attached hydrogens (tertiary/aromatic N) is 1. The van der Waals surface area contributed by atoms with Gasteiger partial charge in [0.25, 0.3) is 0 Å². The van der Waals surface area contributed by atoms with E-state index in [0.29, 0.717) is 6.54 Å². The van der Waals surface area contributed by atoms with Crippen molar-refractivity contribution in [3.8, 4) is 0 Å². The van der Waals surface area contributed by atoms with Crippen molar-refractivity contribution in [2.24, 2.45) is 0 Å². The van der Waals surface area contributed by atoms with E-state index in [0.717, 1.165) is 12.8 Å². The maximum Gasteiger partial charge on any atom is 0.0756 e. The molecule has 12 heavy (non-hydrogen) atoms. The normalized spacial score (nSPS) is 30.8. The summed E-state index contributed by atoms with van der Waals surface area (Å²) in [5.41, 5.74) is 4.15. The molecular weight excluding hydrogens is 152 g/mol. The van der Waals surface area contributed by atoms with Crippen LogP contribution in [-0.4, -0.2) is 23.0 Å². The van der Waals surface area contributed by atoms with Gasteiger partial charge in [0.2, 0.25) is 0 Å². The third kappa shape index (κ3) is 1.43. The van der Waals surface area contributed by atoms with Crippen molar-refractivity contribution >= 4 is 0 Å². The molecule has 3 nitrogen and oxygen atoms in total. The Morgan fingerprint density at radius 2 is 2.50 bits per heavy atom. The van der Waals surface area contributed by atoms with Crippen LogP contribution in [0.4, 0.5) is 0 Å². The van der Waals surface area contributed by atoms with Crippen molar-refractivity contribution in [1.82, 2.24) is 10.6 Å². The second-order valence-corrected chi connectivity index (χ2v) is 3.26. The van der Waals surface area contributed by atoms with Crippen molar-refractivity contribution in [2.45, 2.75) is 25.3 Å². The number of hydrazine groups is 1. The highest BCUT2D eigenvalue weighted by molar-refractivity contribution is 5.27. The fraction of sp³-hybridized carbons (Fsp3) is 0.556. The maximum absolute atomic E-state index is 9.53. The zero-order chi connectivity index (χ0) is 8.39. The molecule has 0 aromatic heterocycles. The molecule has 0 aromatic carbocycles. The predicted octanol–water partition coefficient (Wildman–Crippen LogP) is 1.23. The molecule has 0 saturated heterocycles. The zero-order valence-electron chi connectivity index (χ0n) is 7.03. The summed E-state index contributed by atoms with van der Waals surface area (Å²) in [6.45, 7) is 0.713. The second-order valence-electron chi connectivity index (χ2n) is 3.26. The molecule has 2 N–H and O–H groups in total. The van der Waals surface area contributed by atoms with Crippen molar-refractivity contribution in [2.75, 3.05) is 6.54 Å². The maximum atomic E-state index is 9.53. The minimum atomic E-state index is 0.164. The summed E-state index contributed by atoms with van der Waals surface area (Å²) in [5.74, 6) is 0. The van der Waals surface area contributed by atoms with E-state index in [1.807, 2.05) is 6.08 Å². The van der Waals surface area contributed by atoms with Gasteiger partial charge < -0.3 is 0 Å². The molecule has 0 amide bonds. The Hall–Kier alpha value is -0.640. The summed E-state index contributed by atoms with van der Waals surface area (Å²) in [4.78, 5) is 0. The van der Waals surface area contributed by atoms with Crippen molar-refractivity contribution in [3.05, 3.63) is 23.8 Å². The summed E-state index contributed by atoms with van der Waals surface area (Å²) in [6.07, 6.45) is 9.71. The Balaban J connectivity index is 2.21. The lowest BCUT2D eigenvalue weighted by atomic mass is 9.94. The van der Waals surface area contributed by atoms with Crippen LogP contribution < -0.4 is 5.43 Å². The van der Waals surface area contributed by atoms with Gasteiger partial charge in [-0.3, -0.25) is 5.21 Å². The van der Waals surface area contributed by atoms with Gasteiger partial charge in [0.15, 0.2) is 0 Å². The third-order valence-electron chi connectivity index (χ3n) is 2.42. The smallest absolute Gasteiger partial charge is 0.0756 e. The highest BCUT2D eigenvalue weighted by Crippen LogP contribution is 2.23. The Morgan fingerprint density at radius 3 is 3.42 bits per heavy atom. The van der Waals surface area contributed by atoms with Crippen LogP contribution in [0.2, 0.25) is 0 Å². The quantitative estimate of drug-likeness (QED) is 0.568. The van der Waals surface area contributed by atoms with Crippen molar-refractivity contribution in [1.29, 1.82) is 0 Å². The molecule has 66 valence electrons. The van der Waals surface area contributed by atoms with Crippen LogP contribution in [0.3, 0.4) is 0 Å². The van der Waals surface area contributed by atoms with E-state index in [1.54, 1.807) is 0 Å². The summed E-state index contributed by atoms with van der Waals surface area (Å²) >= 11 is 0. The Labute approximate surface area is 72.3 Å². The first-order valence-corrected chi connectivity index (χ1v) is 4.46. The highest BCUT2D eigenvalue weighted by atomic mass is 16.5. The van der Waals surface area contributed by atoms with Gasteiger partial charge in [0.05, 0.1) is 6.04 Å². The first-order valence-electron chi connectivity index (χ1n) is 4.46. The van der Waals surface area contributed by atoms with Gasteiger partial charge in [-0.05, 0) is 24.8 Å². The Kier molecular flexibility index (Phi) is 2.26. The number of hydrogen-bond donors (Lipinski definition) is 2. The molecule has 0 spiro atoms. The molecule has 1 aliphatic carbocycles. The monoisotopic (exact) mass is 166 g/mol. The molecule has 1 atom stereocenters. The summed E-state index contributed by atoms with van der Waals surface area (Å²) in [6, 6.07) is 0.164. The van der Waals surface area contributed by atoms with Crippen LogP contribution in [0.25, 0.3) is 0 Å². The molecule has 2 aliphatic rings. The fourth-order valence-electron chi connectivity index (χ4n) is 1.78. The minimum Gasteiger partial charge on any atom is -0.298 e. The highest BCUT2D eigenvalue weighted by Gasteiger charge is 2.22. The molecular formula is C9H14N2O. The lowest BCUT2D eigenvalue weighted by molar-refractivity contribution is -0.158. The largest absolute Gasteiger partial charge is 0.298 e. The van der Waals surface area contributed by atoms with Crippen LogP contribution in [0.5, 0.6) is 0 Å². The SMILES string of the molecule is ON1NCC=CC2=CCCCC21. The predicted molar refractivity (Wildman–Crippen MR) is 46.5 cm³/mol. The van der Waals surface area contributed by atoms with Gasteiger partial charge in [-0.15, -0.1) is 5.17 Å². The van der Waals surface area contributed by atoms with E-state index >= 15 is 0 Å². The van der Waals surface area contributed by atoms with Gasteiger partial charge in [0, 0.05) is 6.54 Å². The topological polar surface area (TPSA) is 35.5 Å². The summed E-state index contributed by atoms with van der Waals surface area (Å²) < 4.78 is 0. The molecule has 0 radical (unpaired) electrons. The molecule has 0 aromatic rings. The first kappa shape index (κ1) is 7.98. The lowest BCUT2D eigenvalue weighted by Gasteiger charge is -2.27. The standard InChI is InChI=1S/C9H14N2O/c12-11-9-6-2-1-4-8(9)5-3-7-10-11/h3-5,9-10,12H,1-2,6-7H2. The van der Waals surface area contributed by atoms with E-state index in [-0.39, 0.29) is 6.04 Å². The number of nitrogens with one attached hydrogen (secondary N) is 1. The molecule has 1 aliphatic heterocycles. The Morgan fingerprint density at radius 1 is 1.58 bits per heavy atom. The van der Waals surface area contributed by atoms with E-state index in [4.69, 9.17) is 0 Å². The lowest BCUT2D eigenvalue weighted by Crippen LogP contribution is -2.43. The zero-order valence-corrected chi connectivity index (χ0v) is 7.03. The third-order valence-corrected chi connectivity index (χ3v) is 2.42. The van der Waals surface area contributed by atoms with Crippen molar-refractivity contribution in [3.63, 3.8) is 0 Å². The van der Waals surface area contributed by atoms with Crippen LogP contribution in [0, 0.1) is 0 Å². The van der Waals surface area contributed by atoms with Gasteiger partial charge >= 0.3 is 0 Å². The number of fused-ring (bicyclic) bond motifs is 1. The second kappa shape index (κ2) is 3.39. The minimum absolute atomic E-state index is 0.164. The van der Waals surface area contributed by atoms with Gasteiger partial charge in [0.1, 0.15) is 0 Å². The van der Waals surface area contributed by atoms with Crippen LogP contribution in [-0.2, 0) is 0 Å². The van der Waals surface area contributed by atoms with Crippen LogP contribution in [0.1, 0.15) is 19.3 Å². The fourth-order valence-corrected chi connectivity index (χ4v) is 1.78. The molecule has 2 rings (SSSR count). The number of rotatable bonds is 0. The van der Waals surface area contributed by atoms with Crippen molar-refractivity contribution < 1.29 is 5.21 Å². The van der Waals surface area contributed by atoms with E-state index in [1.165, 1.54) is 17.2 Å². The molecule has 1 heterocycles. The molecule has 0 fully saturated rings. The van der Waals surface area contributed by atoms with Crippen LogP contribution in [0.15, 0.2) is 23.8 Å². The summed E-state index contributed by atoms with van der Waals surface area (Å²) in [5, 5.41) is 10.8. The van der Waals surface area contributed by atoms with Gasteiger partial charge in [-0.2, -0.15) is 0 Å². The van der Waals surface area contributed by atoms with E-state index in [9.17, 15) is 5.21 Å². The van der Waals surface area contributed by atoms with Gasteiger partial charge in [-0.1, -0.05) is 18.2 Å². The van der Waals surface area contributed by atoms with E-state index < -0.39 is 0 Å².